The van der Waals surface area contributed by atoms with E-state index < -0.39 is 5.92 Å². The zero-order chi connectivity index (χ0) is 8.48. The molecule has 0 spiro atoms. The largest absolute Gasteiger partial charge is 0.483 e. The molecule has 2 aliphatic carbocycles. The van der Waals surface area contributed by atoms with E-state index in [9.17, 15) is 8.78 Å². The van der Waals surface area contributed by atoms with Gasteiger partial charge in [0.25, 0.3) is 6.47 Å². The van der Waals surface area contributed by atoms with Gasteiger partial charge in [-0.25, -0.2) is 8.78 Å². The number of alkyl halides is 2. The van der Waals surface area contributed by atoms with Gasteiger partial charge in [-0.05, 0) is 18.3 Å². The Labute approximate surface area is 63.2 Å². The molecule has 0 heterocycles. The van der Waals surface area contributed by atoms with Crippen LogP contribution in [0.4, 0.5) is 8.78 Å². The molecule has 2 saturated carbocycles. The zero-order valence-electron chi connectivity index (χ0n) is 5.96. The smallest absolute Gasteiger partial charge is 0.290 e. The Bertz CT molecular complexity index is 147. The van der Waals surface area contributed by atoms with Gasteiger partial charge in [0.05, 0.1) is 0 Å². The van der Waals surface area contributed by atoms with Crippen LogP contribution in [0.2, 0.25) is 0 Å². The molecule has 2 nitrogen and oxygen atoms in total. The van der Waals surface area contributed by atoms with Crippen molar-refractivity contribution in [1.82, 2.24) is 0 Å². The number of hydrogen-bond donors (Lipinski definition) is 1. The van der Waals surface area contributed by atoms with Crippen molar-refractivity contribution in [2.45, 2.75) is 25.2 Å². The summed E-state index contributed by atoms with van der Waals surface area (Å²) in [5.74, 6) is -1.47. The molecule has 11 heavy (non-hydrogen) atoms. The van der Waals surface area contributed by atoms with Gasteiger partial charge in [-0.2, -0.15) is 0 Å². The van der Waals surface area contributed by atoms with E-state index in [0.717, 1.165) is 6.42 Å². The SMILES string of the molecule is FC1(F)CC2CC2C1.O=CO. The maximum absolute atomic E-state index is 12.2. The second-order valence-electron chi connectivity index (χ2n) is 3.13. The zero-order valence-corrected chi connectivity index (χ0v) is 5.96. The number of rotatable bonds is 0. The molecule has 2 rings (SSSR count). The second-order valence-corrected chi connectivity index (χ2v) is 3.13. The Balaban J connectivity index is 0.000000179. The first-order valence-electron chi connectivity index (χ1n) is 3.55. The fourth-order valence-corrected chi connectivity index (χ4v) is 1.66. The summed E-state index contributed by atoms with van der Waals surface area (Å²) in [6.07, 6.45) is 1.44. The molecular formula is C7H10F2O2. The lowest BCUT2D eigenvalue weighted by atomic mass is 10.2. The normalized spacial score (nSPS) is 36.5. The molecule has 0 aromatic carbocycles. The van der Waals surface area contributed by atoms with Crippen molar-refractivity contribution in [3.8, 4) is 0 Å². The van der Waals surface area contributed by atoms with E-state index in [-0.39, 0.29) is 19.3 Å². The van der Waals surface area contributed by atoms with Gasteiger partial charge in [-0.3, -0.25) is 4.79 Å². The summed E-state index contributed by atoms with van der Waals surface area (Å²) in [5.41, 5.74) is 0. The van der Waals surface area contributed by atoms with E-state index >= 15 is 0 Å². The first-order valence-corrected chi connectivity index (χ1v) is 3.55. The highest BCUT2D eigenvalue weighted by molar-refractivity contribution is 5.32. The summed E-state index contributed by atoms with van der Waals surface area (Å²) >= 11 is 0. The highest BCUT2D eigenvalue weighted by Crippen LogP contribution is 2.57. The Kier molecular flexibility index (Phi) is 2.11. The van der Waals surface area contributed by atoms with Crippen LogP contribution in [-0.2, 0) is 4.79 Å². The number of halogens is 2. The number of hydrogen-bond acceptors (Lipinski definition) is 1. The van der Waals surface area contributed by atoms with Crippen LogP contribution in [0.1, 0.15) is 19.3 Å². The van der Waals surface area contributed by atoms with Crippen LogP contribution in [-0.4, -0.2) is 17.5 Å². The third kappa shape index (κ3) is 2.13. The van der Waals surface area contributed by atoms with Crippen molar-refractivity contribution in [2.75, 3.05) is 0 Å². The van der Waals surface area contributed by atoms with Crippen LogP contribution >= 0.6 is 0 Å². The van der Waals surface area contributed by atoms with Gasteiger partial charge >= 0.3 is 0 Å². The Morgan fingerprint density at radius 1 is 1.36 bits per heavy atom. The number of carbonyl (C=O) groups is 1. The van der Waals surface area contributed by atoms with Crippen molar-refractivity contribution < 1.29 is 18.7 Å². The van der Waals surface area contributed by atoms with E-state index in [4.69, 9.17) is 9.90 Å². The Morgan fingerprint density at radius 2 is 1.73 bits per heavy atom. The standard InChI is InChI=1S/C6H8F2.CH2O2/c7-6(8)2-4-1-5(4)3-6;2-1-3/h4-5H,1-3H2;1H,(H,2,3). The highest BCUT2D eigenvalue weighted by atomic mass is 19.3. The molecule has 0 radical (unpaired) electrons. The molecule has 2 atom stereocenters. The minimum atomic E-state index is -2.28. The highest BCUT2D eigenvalue weighted by Gasteiger charge is 2.54. The van der Waals surface area contributed by atoms with E-state index in [1.165, 1.54) is 0 Å². The molecule has 0 amide bonds. The maximum atomic E-state index is 12.2. The topological polar surface area (TPSA) is 37.3 Å². The van der Waals surface area contributed by atoms with Gasteiger partial charge in [-0.15, -0.1) is 0 Å². The molecule has 2 fully saturated rings. The van der Waals surface area contributed by atoms with Crippen LogP contribution in [0.15, 0.2) is 0 Å². The summed E-state index contributed by atoms with van der Waals surface area (Å²) in [7, 11) is 0. The van der Waals surface area contributed by atoms with Gasteiger partial charge < -0.3 is 5.11 Å². The third-order valence-electron chi connectivity index (χ3n) is 2.19. The van der Waals surface area contributed by atoms with Crippen LogP contribution in [0.25, 0.3) is 0 Å². The molecule has 0 bridgehead atoms. The van der Waals surface area contributed by atoms with E-state index in [1.807, 2.05) is 0 Å². The summed E-state index contributed by atoms with van der Waals surface area (Å²) < 4.78 is 24.5. The van der Waals surface area contributed by atoms with E-state index in [0.29, 0.717) is 11.8 Å². The first kappa shape index (κ1) is 8.43. The lowest BCUT2D eigenvalue weighted by molar-refractivity contribution is -0.122. The van der Waals surface area contributed by atoms with Gasteiger partial charge in [0.15, 0.2) is 0 Å². The molecule has 64 valence electrons. The van der Waals surface area contributed by atoms with Crippen LogP contribution in [0.5, 0.6) is 0 Å². The Hall–Kier alpha value is -0.670. The molecule has 1 N–H and O–H groups in total. The fourth-order valence-electron chi connectivity index (χ4n) is 1.66. The number of fused-ring (bicyclic) bond motifs is 1. The summed E-state index contributed by atoms with van der Waals surface area (Å²) in [6, 6.07) is 0. The minimum Gasteiger partial charge on any atom is -0.483 e. The predicted molar refractivity (Wildman–Crippen MR) is 34.5 cm³/mol. The van der Waals surface area contributed by atoms with E-state index in [2.05, 4.69) is 0 Å². The first-order chi connectivity index (χ1) is 5.09. The average molecular weight is 164 g/mol. The monoisotopic (exact) mass is 164 g/mol. The third-order valence-corrected chi connectivity index (χ3v) is 2.19. The number of carboxylic acid groups (broad SMARTS) is 1. The maximum Gasteiger partial charge on any atom is 0.290 e. The van der Waals surface area contributed by atoms with Crippen molar-refractivity contribution in [2.24, 2.45) is 11.8 Å². The summed E-state index contributed by atoms with van der Waals surface area (Å²) in [4.78, 5) is 8.36. The lowest BCUT2D eigenvalue weighted by Gasteiger charge is -2.07. The van der Waals surface area contributed by atoms with E-state index in [1.54, 1.807) is 0 Å². The minimum absolute atomic E-state index is 0.178. The Morgan fingerprint density at radius 3 is 1.91 bits per heavy atom. The molecule has 0 aliphatic heterocycles. The second kappa shape index (κ2) is 2.75. The van der Waals surface area contributed by atoms with Crippen molar-refractivity contribution in [3.05, 3.63) is 0 Å². The predicted octanol–water partition coefficient (Wildman–Crippen LogP) is 1.75. The van der Waals surface area contributed by atoms with Crippen molar-refractivity contribution in [1.29, 1.82) is 0 Å². The lowest BCUT2D eigenvalue weighted by Crippen LogP contribution is -2.11. The summed E-state index contributed by atoms with van der Waals surface area (Å²) in [5, 5.41) is 6.89. The molecule has 2 aliphatic rings. The van der Waals surface area contributed by atoms with Gasteiger partial charge in [-0.1, -0.05) is 0 Å². The molecule has 0 aromatic rings. The van der Waals surface area contributed by atoms with Crippen LogP contribution in [0.3, 0.4) is 0 Å². The fraction of sp³-hybridized carbons (Fsp3) is 0.857. The van der Waals surface area contributed by atoms with Gasteiger partial charge in [0.2, 0.25) is 5.92 Å². The van der Waals surface area contributed by atoms with Crippen LogP contribution in [0, 0.1) is 11.8 Å². The molecule has 2 unspecified atom stereocenters. The van der Waals surface area contributed by atoms with Crippen molar-refractivity contribution in [3.63, 3.8) is 0 Å². The van der Waals surface area contributed by atoms with Crippen LogP contribution < -0.4 is 0 Å². The van der Waals surface area contributed by atoms with Gasteiger partial charge in [0, 0.05) is 12.8 Å². The van der Waals surface area contributed by atoms with Crippen molar-refractivity contribution >= 4 is 6.47 Å². The molecular weight excluding hydrogens is 154 g/mol. The molecule has 4 heteroatoms. The van der Waals surface area contributed by atoms with Gasteiger partial charge in [0.1, 0.15) is 0 Å². The summed E-state index contributed by atoms with van der Waals surface area (Å²) in [6.45, 7) is -0.250. The molecule has 0 saturated heterocycles. The molecule has 0 aromatic heterocycles. The quantitative estimate of drug-likeness (QED) is 0.554. The average Bonchev–Trinajstić information content (AvgIpc) is 2.40.